The van der Waals surface area contributed by atoms with Gasteiger partial charge in [-0.05, 0) is 104 Å². The first kappa shape index (κ1) is 38.3. The van der Waals surface area contributed by atoms with Crippen LogP contribution in [0.5, 0.6) is 0 Å². The zero-order valence-corrected chi connectivity index (χ0v) is 32.4. The Balaban J connectivity index is 0.000000119. The topological polar surface area (TPSA) is 182 Å². The van der Waals surface area contributed by atoms with E-state index in [2.05, 4.69) is 40.5 Å². The molecule has 8 heterocycles. The van der Waals surface area contributed by atoms with Gasteiger partial charge in [-0.1, -0.05) is 17.7 Å². The molecule has 6 N–H and O–H groups in total. The minimum atomic E-state index is -1.96. The highest BCUT2D eigenvalue weighted by atomic mass is 35.5. The summed E-state index contributed by atoms with van der Waals surface area (Å²) >= 11 is 6.05. The van der Waals surface area contributed by atoms with Crippen LogP contribution in [0.3, 0.4) is 0 Å². The lowest BCUT2D eigenvalue weighted by molar-refractivity contribution is 0.0908. The lowest BCUT2D eigenvalue weighted by Gasteiger charge is -2.24. The number of fused-ring (bicyclic) bond motifs is 10. The van der Waals surface area contributed by atoms with E-state index in [1.54, 1.807) is 12.3 Å². The van der Waals surface area contributed by atoms with E-state index in [1.807, 2.05) is 12.3 Å². The van der Waals surface area contributed by atoms with Gasteiger partial charge >= 0.3 is 7.12 Å². The van der Waals surface area contributed by atoms with Crippen LogP contribution in [-0.4, -0.2) is 70.0 Å². The third-order valence-electron chi connectivity index (χ3n) is 12.3. The molecule has 0 bridgehead atoms. The molecule has 0 atom stereocenters. The van der Waals surface area contributed by atoms with Crippen LogP contribution in [0.2, 0.25) is 5.15 Å². The average Bonchev–Trinajstić information content (AvgIpc) is 4.04. The van der Waals surface area contributed by atoms with Crippen molar-refractivity contribution in [2.75, 3.05) is 0 Å². The Morgan fingerprint density at radius 2 is 1.17 bits per heavy atom. The zero-order chi connectivity index (χ0) is 41.7. The van der Waals surface area contributed by atoms with Gasteiger partial charge in [0.15, 0.2) is 0 Å². The van der Waals surface area contributed by atoms with Crippen LogP contribution in [-0.2, 0) is 38.5 Å². The number of hydrogen-bond acceptors (Lipinski definition) is 8. The molecule has 60 heavy (non-hydrogen) atoms. The summed E-state index contributed by atoms with van der Waals surface area (Å²) in [7, 11) is -1.96. The van der Waals surface area contributed by atoms with Crippen molar-refractivity contribution in [1.82, 2.24) is 40.5 Å². The number of nitrogens with one attached hydrogen (secondary N) is 4. The third-order valence-corrected chi connectivity index (χ3v) is 12.5. The summed E-state index contributed by atoms with van der Waals surface area (Å²) in [6.45, 7) is 0. The van der Waals surface area contributed by atoms with Crippen molar-refractivity contribution in [3.63, 3.8) is 0 Å². The Kier molecular flexibility index (Phi) is 9.00. The fraction of sp³-hybridized carbons (Fsp3) is 0.286. The molecule has 12 rings (SSSR count). The molecule has 0 aromatic carbocycles. The second-order valence-electron chi connectivity index (χ2n) is 16.2. The van der Waals surface area contributed by atoms with Gasteiger partial charge in [0.25, 0.3) is 11.8 Å². The number of aromatic nitrogens is 6. The van der Waals surface area contributed by atoms with Crippen LogP contribution < -0.4 is 16.1 Å². The largest absolute Gasteiger partial charge is 0.493 e. The summed E-state index contributed by atoms with van der Waals surface area (Å²) in [5.41, 5.74) is 12.2. The van der Waals surface area contributed by atoms with Gasteiger partial charge in [-0.25, -0.2) is 4.98 Å². The van der Waals surface area contributed by atoms with Gasteiger partial charge in [0.1, 0.15) is 5.15 Å². The first-order valence-corrected chi connectivity index (χ1v) is 19.9. The van der Waals surface area contributed by atoms with Gasteiger partial charge in [0.2, 0.25) is 23.8 Å². The van der Waals surface area contributed by atoms with E-state index in [1.165, 1.54) is 11.6 Å². The van der Waals surface area contributed by atoms with Crippen LogP contribution >= 0.6 is 11.6 Å². The van der Waals surface area contributed by atoms with Gasteiger partial charge in [-0.3, -0.25) is 14.6 Å². The van der Waals surface area contributed by atoms with Crippen LogP contribution in [0.4, 0.5) is 17.6 Å². The van der Waals surface area contributed by atoms with Gasteiger partial charge in [0, 0.05) is 64.3 Å². The smallest absolute Gasteiger partial charge is 0.423 e. The van der Waals surface area contributed by atoms with Crippen molar-refractivity contribution >= 4 is 36.0 Å². The summed E-state index contributed by atoms with van der Waals surface area (Å²) in [6, 6.07) is 7.94. The third kappa shape index (κ3) is 6.74. The molecule has 304 valence electrons. The Bertz CT molecular complexity index is 2800. The Morgan fingerprint density at radius 3 is 1.68 bits per heavy atom. The number of rotatable bonds is 2. The standard InChI is InChI=1S/C21H16F2N4O.C16H14ClN3O.C5H4BF2NO2/c22-16-4-3-11(19(23)26-16)14-7-13-10(9-24-14)1-2-12-17-15(25-18(12)13)8-21(5-6-21)27-20(17)28;17-12-5-10-8(7-18-12)1-2-9-13-11(19-14(9)10)6-16(3-4-16)20-15(13)21;7-4-2-1-3(6(10)11)5(8)9-4/h3-4,7,9,25H,1-2,5-6,8H2,(H,27,28);5,7,19H,1-4,6H2,(H,20,21);1-2,10-11H. The molecular weight excluding hydrogens is 803 g/mol. The molecule has 2 fully saturated rings. The lowest BCUT2D eigenvalue weighted by Crippen LogP contribution is -2.43. The van der Waals surface area contributed by atoms with Crippen molar-refractivity contribution in [1.29, 1.82) is 0 Å². The van der Waals surface area contributed by atoms with Crippen molar-refractivity contribution in [3.8, 4) is 33.8 Å². The van der Waals surface area contributed by atoms with E-state index in [4.69, 9.17) is 21.6 Å². The van der Waals surface area contributed by atoms with Crippen molar-refractivity contribution in [2.24, 2.45) is 0 Å². The highest BCUT2D eigenvalue weighted by Crippen LogP contribution is 2.47. The highest BCUT2D eigenvalue weighted by Gasteiger charge is 2.50. The van der Waals surface area contributed by atoms with Gasteiger partial charge in [0.05, 0.1) is 33.8 Å². The van der Waals surface area contributed by atoms with E-state index >= 15 is 0 Å². The number of aryl methyl sites for hydroxylation is 2. The monoisotopic (exact) mass is 836 g/mol. The van der Waals surface area contributed by atoms with Crippen molar-refractivity contribution < 1.29 is 37.2 Å². The first-order valence-electron chi connectivity index (χ1n) is 19.6. The predicted molar refractivity (Wildman–Crippen MR) is 211 cm³/mol. The first-order chi connectivity index (χ1) is 28.8. The normalized spacial score (nSPS) is 17.5. The van der Waals surface area contributed by atoms with E-state index < -0.39 is 36.4 Å². The molecule has 6 aromatic heterocycles. The van der Waals surface area contributed by atoms with Gasteiger partial charge < -0.3 is 30.6 Å². The minimum absolute atomic E-state index is 0.00255. The molecule has 6 aromatic rings. The predicted octanol–water partition coefficient (Wildman–Crippen LogP) is 5.02. The number of hydrogen-bond donors (Lipinski definition) is 6. The number of halogens is 5. The Hall–Kier alpha value is -5.91. The molecule has 0 saturated heterocycles. The fourth-order valence-electron chi connectivity index (χ4n) is 8.93. The summed E-state index contributed by atoms with van der Waals surface area (Å²) in [5, 5.41) is 23.8. The number of aromatic amines is 2. The summed E-state index contributed by atoms with van der Waals surface area (Å²) < 4.78 is 51.8. The maximum Gasteiger partial charge on any atom is 0.493 e. The zero-order valence-electron chi connectivity index (χ0n) is 31.7. The highest BCUT2D eigenvalue weighted by molar-refractivity contribution is 6.58. The second-order valence-corrected chi connectivity index (χ2v) is 16.6. The van der Waals surface area contributed by atoms with Crippen LogP contribution in [0.1, 0.15) is 80.0 Å². The Morgan fingerprint density at radius 1 is 0.650 bits per heavy atom. The quantitative estimate of drug-likeness (QED) is 0.0799. The van der Waals surface area contributed by atoms with E-state index in [0.29, 0.717) is 10.8 Å². The Labute approximate surface area is 344 Å². The van der Waals surface area contributed by atoms with Crippen LogP contribution in [0.25, 0.3) is 33.8 Å². The number of carbonyl (C=O) groups excluding carboxylic acids is 2. The molecule has 2 spiro atoms. The molecule has 0 radical (unpaired) electrons. The summed E-state index contributed by atoms with van der Waals surface area (Å²) in [4.78, 5) is 46.7. The van der Waals surface area contributed by atoms with Gasteiger partial charge in [-0.15, -0.1) is 0 Å². The fourth-order valence-corrected chi connectivity index (χ4v) is 9.09. The number of pyridine rings is 4. The number of amides is 2. The lowest BCUT2D eigenvalue weighted by atomic mass is 9.81. The number of H-pyrrole nitrogens is 2. The molecular formula is C42H34BClF4N8O4. The average molecular weight is 837 g/mol. The van der Waals surface area contributed by atoms with Crippen LogP contribution in [0.15, 0.2) is 48.8 Å². The molecule has 12 nitrogen and oxygen atoms in total. The van der Waals surface area contributed by atoms with E-state index in [0.717, 1.165) is 144 Å². The minimum Gasteiger partial charge on any atom is -0.423 e. The molecule has 2 amide bonds. The molecule has 2 saturated carbocycles. The number of nitrogens with zero attached hydrogens (tertiary/aromatic N) is 4. The second kappa shape index (κ2) is 14.1. The maximum absolute atomic E-state index is 14.1. The number of carbonyl (C=O) groups is 2. The SMILES string of the molecule is O=C1NC2(CC2)Cc2[nH]c3c(c21)CCc1cnc(-c2ccc(F)nc2F)cc1-3.O=C1NC2(CC2)Cc2[nH]c3c(c21)CCc1cnc(Cl)cc1-3.OB(O)c1ccc(F)nc1F. The molecule has 0 unspecified atom stereocenters. The summed E-state index contributed by atoms with van der Waals surface area (Å²) in [5.74, 6) is -3.85. The van der Waals surface area contributed by atoms with Gasteiger partial charge in [-0.2, -0.15) is 27.5 Å². The molecule has 4 aliphatic carbocycles. The van der Waals surface area contributed by atoms with Crippen LogP contribution in [0, 0.1) is 23.8 Å². The van der Waals surface area contributed by atoms with Crippen molar-refractivity contribution in [2.45, 2.75) is 75.3 Å². The summed E-state index contributed by atoms with van der Waals surface area (Å²) in [6.07, 6.45) is 12.9. The van der Waals surface area contributed by atoms with E-state index in [-0.39, 0.29) is 28.5 Å². The van der Waals surface area contributed by atoms with E-state index in [9.17, 15) is 27.2 Å². The maximum atomic E-state index is 14.1. The molecule has 18 heteroatoms. The molecule has 6 aliphatic rings. The van der Waals surface area contributed by atoms with Crippen molar-refractivity contribution in [3.05, 3.63) is 123 Å². The molecule has 2 aliphatic heterocycles.